The Morgan fingerprint density at radius 1 is 1.28 bits per heavy atom. The van der Waals surface area contributed by atoms with Gasteiger partial charge in [-0.05, 0) is 59.7 Å². The fourth-order valence-electron chi connectivity index (χ4n) is 3.08. The van der Waals surface area contributed by atoms with E-state index in [1.165, 1.54) is 18.5 Å². The molecule has 3 nitrogen and oxygen atoms in total. The summed E-state index contributed by atoms with van der Waals surface area (Å²) < 4.78 is 2.25. The largest absolute Gasteiger partial charge is 0.346 e. The first-order valence-electron chi connectivity index (χ1n) is 6.94. The molecule has 0 bridgehead atoms. The van der Waals surface area contributed by atoms with Gasteiger partial charge in [-0.1, -0.05) is 0 Å². The molecule has 1 aromatic heterocycles. The van der Waals surface area contributed by atoms with Crippen molar-refractivity contribution >= 4 is 5.78 Å². The molecule has 3 heteroatoms. The minimum Gasteiger partial charge on any atom is -0.346 e. The van der Waals surface area contributed by atoms with E-state index in [0.717, 1.165) is 24.3 Å². The average molecular weight is 248 g/mol. The van der Waals surface area contributed by atoms with Crippen molar-refractivity contribution < 1.29 is 4.79 Å². The summed E-state index contributed by atoms with van der Waals surface area (Å²) in [7, 11) is 0. The Morgan fingerprint density at radius 3 is 2.39 bits per heavy atom. The van der Waals surface area contributed by atoms with Gasteiger partial charge in [0, 0.05) is 23.0 Å². The van der Waals surface area contributed by atoms with Gasteiger partial charge in [-0.25, -0.2) is 0 Å². The Hall–Kier alpha value is -1.09. The van der Waals surface area contributed by atoms with Crippen LogP contribution in [0.1, 0.15) is 54.5 Å². The average Bonchev–Trinajstić information content (AvgIpc) is 2.86. The number of ketones is 1. The van der Waals surface area contributed by atoms with Gasteiger partial charge in [-0.2, -0.15) is 0 Å². The molecule has 0 N–H and O–H groups in total. The van der Waals surface area contributed by atoms with E-state index < -0.39 is 0 Å². The number of Topliss-reactive ketones (excluding diaryl/α,β-unsaturated/α-hetero) is 1. The summed E-state index contributed by atoms with van der Waals surface area (Å²) in [6.07, 6.45) is 2.47. The highest BCUT2D eigenvalue weighted by atomic mass is 16.1. The lowest BCUT2D eigenvalue weighted by Gasteiger charge is -2.15. The zero-order chi connectivity index (χ0) is 13.3. The van der Waals surface area contributed by atoms with Gasteiger partial charge in [0.1, 0.15) is 0 Å². The van der Waals surface area contributed by atoms with E-state index in [1.807, 2.05) is 6.07 Å². The van der Waals surface area contributed by atoms with Crippen LogP contribution >= 0.6 is 0 Å². The zero-order valence-electron chi connectivity index (χ0n) is 12.0. The van der Waals surface area contributed by atoms with Crippen LogP contribution in [-0.2, 0) is 0 Å². The Labute approximate surface area is 110 Å². The third-order valence-electron chi connectivity index (χ3n) is 3.87. The third kappa shape index (κ3) is 2.51. The quantitative estimate of drug-likeness (QED) is 0.765. The lowest BCUT2D eigenvalue weighted by Crippen LogP contribution is -2.27. The minimum atomic E-state index is 0.275. The molecule has 2 heterocycles. The van der Waals surface area contributed by atoms with E-state index >= 15 is 0 Å². The van der Waals surface area contributed by atoms with Crippen molar-refractivity contribution in [2.75, 3.05) is 19.6 Å². The van der Waals surface area contributed by atoms with Crippen LogP contribution < -0.4 is 0 Å². The summed E-state index contributed by atoms with van der Waals surface area (Å²) >= 11 is 0. The molecule has 1 aromatic rings. The van der Waals surface area contributed by atoms with Crippen LogP contribution in [0.5, 0.6) is 0 Å². The Morgan fingerprint density at radius 2 is 1.89 bits per heavy atom. The summed E-state index contributed by atoms with van der Waals surface area (Å²) in [5.74, 6) is 0.275. The molecule has 100 valence electrons. The summed E-state index contributed by atoms with van der Waals surface area (Å²) in [5, 5.41) is 0. The van der Waals surface area contributed by atoms with Crippen molar-refractivity contribution in [1.29, 1.82) is 0 Å². The van der Waals surface area contributed by atoms with Crippen molar-refractivity contribution in [3.05, 3.63) is 23.0 Å². The van der Waals surface area contributed by atoms with Gasteiger partial charge in [0.05, 0.1) is 6.54 Å². The lowest BCUT2D eigenvalue weighted by molar-refractivity contribution is 0.0944. The van der Waals surface area contributed by atoms with E-state index in [-0.39, 0.29) is 5.78 Å². The first-order chi connectivity index (χ1) is 8.50. The molecule has 0 aromatic carbocycles. The topological polar surface area (TPSA) is 25.2 Å². The highest BCUT2D eigenvalue weighted by Gasteiger charge is 2.20. The second-order valence-corrected chi connectivity index (χ2v) is 5.65. The van der Waals surface area contributed by atoms with Crippen molar-refractivity contribution in [3.8, 4) is 0 Å². The monoisotopic (exact) mass is 248 g/mol. The first-order valence-corrected chi connectivity index (χ1v) is 6.94. The SMILES string of the molecule is Cc1cc(C(=O)CN2CCCC2)c(C)n1C(C)C. The summed E-state index contributed by atoms with van der Waals surface area (Å²) in [6, 6.07) is 2.46. The van der Waals surface area contributed by atoms with Gasteiger partial charge in [-0.15, -0.1) is 0 Å². The highest BCUT2D eigenvalue weighted by molar-refractivity contribution is 5.99. The molecule has 0 aliphatic carbocycles. The standard InChI is InChI=1S/C15H24N2O/c1-11(2)17-12(3)9-14(13(17)4)15(18)10-16-7-5-6-8-16/h9,11H,5-8,10H2,1-4H3. The Balaban J connectivity index is 2.17. The Bertz CT molecular complexity index is 440. The van der Waals surface area contributed by atoms with Gasteiger partial charge >= 0.3 is 0 Å². The van der Waals surface area contributed by atoms with Gasteiger partial charge in [-0.3, -0.25) is 9.69 Å². The normalized spacial score (nSPS) is 16.7. The van der Waals surface area contributed by atoms with Gasteiger partial charge in [0.25, 0.3) is 0 Å². The first kappa shape index (κ1) is 13.3. The summed E-state index contributed by atoms with van der Waals surface area (Å²) in [4.78, 5) is 14.6. The Kier molecular flexibility index (Phi) is 3.91. The highest BCUT2D eigenvalue weighted by Crippen LogP contribution is 2.21. The zero-order valence-corrected chi connectivity index (χ0v) is 12.0. The van der Waals surface area contributed by atoms with Gasteiger partial charge in [0.2, 0.25) is 0 Å². The third-order valence-corrected chi connectivity index (χ3v) is 3.87. The van der Waals surface area contributed by atoms with Gasteiger partial charge in [0.15, 0.2) is 5.78 Å². The molecule has 0 saturated carbocycles. The number of carbonyl (C=O) groups is 1. The number of rotatable bonds is 4. The second kappa shape index (κ2) is 5.27. The maximum absolute atomic E-state index is 12.4. The molecular weight excluding hydrogens is 224 g/mol. The second-order valence-electron chi connectivity index (χ2n) is 5.65. The van der Waals surface area contributed by atoms with E-state index in [0.29, 0.717) is 12.6 Å². The van der Waals surface area contributed by atoms with Crippen molar-refractivity contribution in [2.24, 2.45) is 0 Å². The predicted molar refractivity (Wildman–Crippen MR) is 74.3 cm³/mol. The molecule has 0 unspecified atom stereocenters. The molecule has 1 aliphatic rings. The van der Waals surface area contributed by atoms with E-state index in [2.05, 4.69) is 37.2 Å². The molecule has 1 saturated heterocycles. The molecule has 0 amide bonds. The number of likely N-dealkylation sites (tertiary alicyclic amines) is 1. The molecule has 0 spiro atoms. The number of hydrogen-bond donors (Lipinski definition) is 0. The van der Waals surface area contributed by atoms with Crippen LogP contribution in [-0.4, -0.2) is 34.9 Å². The molecule has 0 atom stereocenters. The molecule has 2 rings (SSSR count). The molecular formula is C15H24N2O. The van der Waals surface area contributed by atoms with E-state index in [1.54, 1.807) is 0 Å². The number of hydrogen-bond acceptors (Lipinski definition) is 2. The maximum Gasteiger partial charge on any atom is 0.178 e. The van der Waals surface area contributed by atoms with Crippen LogP contribution in [0, 0.1) is 13.8 Å². The summed E-state index contributed by atoms with van der Waals surface area (Å²) in [6.45, 7) is 11.2. The number of aryl methyl sites for hydroxylation is 1. The van der Waals surface area contributed by atoms with E-state index in [4.69, 9.17) is 0 Å². The predicted octanol–water partition coefficient (Wildman–Crippen LogP) is 2.96. The maximum atomic E-state index is 12.4. The number of carbonyl (C=O) groups excluding carboxylic acids is 1. The molecule has 1 fully saturated rings. The lowest BCUT2D eigenvalue weighted by atomic mass is 10.1. The van der Waals surface area contributed by atoms with Crippen molar-refractivity contribution in [2.45, 2.75) is 46.6 Å². The fraction of sp³-hybridized carbons (Fsp3) is 0.667. The minimum absolute atomic E-state index is 0.275. The fourth-order valence-corrected chi connectivity index (χ4v) is 3.08. The van der Waals surface area contributed by atoms with Crippen LogP contribution in [0.15, 0.2) is 6.07 Å². The van der Waals surface area contributed by atoms with Crippen LogP contribution in [0.2, 0.25) is 0 Å². The van der Waals surface area contributed by atoms with Crippen molar-refractivity contribution in [3.63, 3.8) is 0 Å². The number of nitrogens with zero attached hydrogens (tertiary/aromatic N) is 2. The van der Waals surface area contributed by atoms with E-state index in [9.17, 15) is 4.79 Å². The van der Waals surface area contributed by atoms with Gasteiger partial charge < -0.3 is 4.57 Å². The smallest absolute Gasteiger partial charge is 0.178 e. The van der Waals surface area contributed by atoms with Crippen LogP contribution in [0.25, 0.3) is 0 Å². The summed E-state index contributed by atoms with van der Waals surface area (Å²) in [5.41, 5.74) is 3.21. The molecule has 0 radical (unpaired) electrons. The van der Waals surface area contributed by atoms with Crippen molar-refractivity contribution in [1.82, 2.24) is 9.47 Å². The molecule has 18 heavy (non-hydrogen) atoms. The van der Waals surface area contributed by atoms with Crippen LogP contribution in [0.3, 0.4) is 0 Å². The van der Waals surface area contributed by atoms with Crippen LogP contribution in [0.4, 0.5) is 0 Å². The molecule has 1 aliphatic heterocycles. The number of aromatic nitrogens is 1.